The zero-order valence-corrected chi connectivity index (χ0v) is 20.3. The Hall–Kier alpha value is -2.84. The number of anilines is 1. The van der Waals surface area contributed by atoms with Crippen LogP contribution in [-0.2, 0) is 20.2 Å². The summed E-state index contributed by atoms with van der Waals surface area (Å²) in [6.45, 7) is 2.16. The Bertz CT molecular complexity index is 1230. The van der Waals surface area contributed by atoms with Crippen LogP contribution < -0.4 is 14.8 Å². The SMILES string of the molecule is CS(=O)(=O)N1CC2(CCN(C(=O)[C@H](N)CC3=Cc4ccccc4OCC3)CC2)c2ccccc21. The number of nitrogens with two attached hydrogens (primary N) is 1. The number of rotatable bonds is 4. The summed E-state index contributed by atoms with van der Waals surface area (Å²) in [6.07, 6.45) is 6.04. The van der Waals surface area contributed by atoms with Crippen molar-refractivity contribution in [3.8, 4) is 5.75 Å². The van der Waals surface area contributed by atoms with Crippen LogP contribution in [0.4, 0.5) is 5.69 Å². The van der Waals surface area contributed by atoms with Crippen molar-refractivity contribution < 1.29 is 17.9 Å². The average molecular weight is 482 g/mol. The third kappa shape index (κ3) is 4.20. The monoisotopic (exact) mass is 481 g/mol. The molecule has 1 spiro atoms. The first-order valence-electron chi connectivity index (χ1n) is 11.8. The maximum atomic E-state index is 13.2. The number of fused-ring (bicyclic) bond motifs is 3. The summed E-state index contributed by atoms with van der Waals surface area (Å²) in [5, 5.41) is 0. The first-order chi connectivity index (χ1) is 16.3. The number of piperidine rings is 1. The van der Waals surface area contributed by atoms with Crippen LogP contribution in [0.5, 0.6) is 5.75 Å². The molecular formula is C26H31N3O4S. The predicted octanol–water partition coefficient (Wildman–Crippen LogP) is 2.91. The second kappa shape index (κ2) is 8.74. The van der Waals surface area contributed by atoms with Crippen LogP contribution in [0.1, 0.15) is 36.8 Å². The van der Waals surface area contributed by atoms with Gasteiger partial charge in [0.1, 0.15) is 5.75 Å². The zero-order valence-electron chi connectivity index (χ0n) is 19.4. The van der Waals surface area contributed by atoms with E-state index in [0.717, 1.165) is 47.4 Å². The second-order valence-corrected chi connectivity index (χ2v) is 11.5. The lowest BCUT2D eigenvalue weighted by Crippen LogP contribution is -2.51. The Morgan fingerprint density at radius 1 is 1.12 bits per heavy atom. The molecule has 3 heterocycles. The lowest BCUT2D eigenvalue weighted by molar-refractivity contribution is -0.134. The molecule has 1 atom stereocenters. The van der Waals surface area contributed by atoms with Crippen molar-refractivity contribution in [2.24, 2.45) is 5.73 Å². The first-order valence-corrected chi connectivity index (χ1v) is 13.6. The van der Waals surface area contributed by atoms with E-state index >= 15 is 0 Å². The normalized spacial score (nSPS) is 20.1. The molecule has 0 aliphatic carbocycles. The highest BCUT2D eigenvalue weighted by atomic mass is 32.2. The van der Waals surface area contributed by atoms with Crippen LogP contribution in [0.3, 0.4) is 0 Å². The van der Waals surface area contributed by atoms with E-state index in [1.54, 1.807) is 0 Å². The van der Waals surface area contributed by atoms with Crippen molar-refractivity contribution in [3.05, 3.63) is 65.2 Å². The number of hydrogen-bond donors (Lipinski definition) is 1. The maximum Gasteiger partial charge on any atom is 0.239 e. The summed E-state index contributed by atoms with van der Waals surface area (Å²) >= 11 is 0. The molecule has 2 N–H and O–H groups in total. The molecule has 1 saturated heterocycles. The Morgan fingerprint density at radius 3 is 2.59 bits per heavy atom. The fourth-order valence-electron chi connectivity index (χ4n) is 5.54. The summed E-state index contributed by atoms with van der Waals surface area (Å²) in [5.41, 5.74) is 10.1. The number of likely N-dealkylation sites (tertiary alicyclic amines) is 1. The van der Waals surface area contributed by atoms with Crippen molar-refractivity contribution in [1.29, 1.82) is 0 Å². The molecule has 7 nitrogen and oxygen atoms in total. The van der Waals surface area contributed by atoms with Crippen LogP contribution >= 0.6 is 0 Å². The van der Waals surface area contributed by atoms with Gasteiger partial charge in [-0.15, -0.1) is 0 Å². The predicted molar refractivity (Wildman–Crippen MR) is 133 cm³/mol. The van der Waals surface area contributed by atoms with E-state index in [9.17, 15) is 13.2 Å². The highest BCUT2D eigenvalue weighted by Crippen LogP contribution is 2.47. The number of sulfonamides is 1. The fraction of sp³-hybridized carbons (Fsp3) is 0.423. The third-order valence-corrected chi connectivity index (χ3v) is 8.51. The summed E-state index contributed by atoms with van der Waals surface area (Å²) in [5.74, 6) is 0.819. The van der Waals surface area contributed by atoms with Gasteiger partial charge in [0.2, 0.25) is 15.9 Å². The van der Waals surface area contributed by atoms with Crippen molar-refractivity contribution in [1.82, 2.24) is 4.90 Å². The average Bonchev–Trinajstić information content (AvgIpc) is 3.00. The van der Waals surface area contributed by atoms with Crippen molar-refractivity contribution >= 4 is 27.7 Å². The molecule has 1 amide bonds. The van der Waals surface area contributed by atoms with Gasteiger partial charge in [-0.1, -0.05) is 48.0 Å². The number of amides is 1. The molecule has 3 aliphatic rings. The molecule has 2 aromatic rings. The Labute approximate surface area is 201 Å². The van der Waals surface area contributed by atoms with Gasteiger partial charge < -0.3 is 15.4 Å². The number of ether oxygens (including phenoxy) is 1. The molecule has 1 fully saturated rings. The summed E-state index contributed by atoms with van der Waals surface area (Å²) < 4.78 is 32.1. The van der Waals surface area contributed by atoms with E-state index in [1.807, 2.05) is 53.4 Å². The molecule has 0 unspecified atom stereocenters. The smallest absolute Gasteiger partial charge is 0.239 e. The van der Waals surface area contributed by atoms with Gasteiger partial charge in [-0.3, -0.25) is 9.10 Å². The molecular weight excluding hydrogens is 450 g/mol. The fourth-order valence-corrected chi connectivity index (χ4v) is 6.54. The molecule has 0 bridgehead atoms. The third-order valence-electron chi connectivity index (χ3n) is 7.38. The Balaban J connectivity index is 1.26. The number of carbonyl (C=O) groups is 1. The van der Waals surface area contributed by atoms with Crippen LogP contribution in [0.2, 0.25) is 0 Å². The van der Waals surface area contributed by atoms with E-state index in [1.165, 1.54) is 10.6 Å². The highest BCUT2D eigenvalue weighted by molar-refractivity contribution is 7.92. The molecule has 0 saturated carbocycles. The molecule has 2 aromatic carbocycles. The van der Waals surface area contributed by atoms with Gasteiger partial charge in [-0.25, -0.2) is 8.42 Å². The van der Waals surface area contributed by atoms with Crippen molar-refractivity contribution in [2.45, 2.75) is 37.1 Å². The van der Waals surface area contributed by atoms with Crippen molar-refractivity contribution in [2.75, 3.05) is 36.8 Å². The molecule has 5 rings (SSSR count). The van der Waals surface area contributed by atoms with Gasteiger partial charge in [0.05, 0.1) is 24.6 Å². The van der Waals surface area contributed by atoms with E-state index < -0.39 is 16.1 Å². The van der Waals surface area contributed by atoms with Crippen LogP contribution in [-0.4, -0.2) is 57.8 Å². The van der Waals surface area contributed by atoms with E-state index in [2.05, 4.69) is 6.08 Å². The number of benzene rings is 2. The molecule has 34 heavy (non-hydrogen) atoms. The lowest BCUT2D eigenvalue weighted by Gasteiger charge is -2.40. The number of para-hydroxylation sites is 2. The largest absolute Gasteiger partial charge is 0.493 e. The highest BCUT2D eigenvalue weighted by Gasteiger charge is 2.47. The van der Waals surface area contributed by atoms with E-state index in [0.29, 0.717) is 32.7 Å². The van der Waals surface area contributed by atoms with E-state index in [-0.39, 0.29) is 11.3 Å². The minimum atomic E-state index is -3.36. The molecule has 8 heteroatoms. The van der Waals surface area contributed by atoms with Crippen molar-refractivity contribution in [3.63, 3.8) is 0 Å². The summed E-state index contributed by atoms with van der Waals surface area (Å²) in [4.78, 5) is 15.1. The number of hydrogen-bond acceptors (Lipinski definition) is 5. The quantitative estimate of drug-likeness (QED) is 0.725. The first kappa shape index (κ1) is 22.9. The maximum absolute atomic E-state index is 13.2. The lowest BCUT2D eigenvalue weighted by atomic mass is 9.74. The minimum absolute atomic E-state index is 0.0412. The molecule has 0 aromatic heterocycles. The van der Waals surface area contributed by atoms with Crippen LogP contribution in [0, 0.1) is 0 Å². The summed E-state index contributed by atoms with van der Waals surface area (Å²) in [6, 6.07) is 15.0. The van der Waals surface area contributed by atoms with Crippen LogP contribution in [0.25, 0.3) is 6.08 Å². The van der Waals surface area contributed by atoms with Gasteiger partial charge in [-0.2, -0.15) is 0 Å². The zero-order chi connectivity index (χ0) is 23.9. The van der Waals surface area contributed by atoms with Gasteiger partial charge in [0.15, 0.2) is 0 Å². The topological polar surface area (TPSA) is 92.9 Å². The number of nitrogens with zero attached hydrogens (tertiary/aromatic N) is 2. The molecule has 180 valence electrons. The minimum Gasteiger partial charge on any atom is -0.493 e. The van der Waals surface area contributed by atoms with Gasteiger partial charge in [0.25, 0.3) is 0 Å². The number of carbonyl (C=O) groups excluding carboxylic acids is 1. The van der Waals surface area contributed by atoms with Gasteiger partial charge in [0, 0.05) is 37.0 Å². The van der Waals surface area contributed by atoms with E-state index in [4.69, 9.17) is 10.5 Å². The Kier molecular flexibility index (Phi) is 5.90. The Morgan fingerprint density at radius 2 is 1.82 bits per heavy atom. The second-order valence-electron chi connectivity index (χ2n) is 9.64. The summed E-state index contributed by atoms with van der Waals surface area (Å²) in [7, 11) is -3.36. The van der Waals surface area contributed by atoms with Gasteiger partial charge in [-0.05, 0) is 37.0 Å². The molecule has 0 radical (unpaired) electrons. The van der Waals surface area contributed by atoms with Crippen LogP contribution in [0.15, 0.2) is 54.1 Å². The van der Waals surface area contributed by atoms with Gasteiger partial charge >= 0.3 is 0 Å². The standard InChI is InChI=1S/C26H31N3O4S/c1-34(31,32)29-18-26(21-7-3-4-8-23(21)29)11-13-28(14-12-26)25(30)22(27)17-19-10-15-33-24-9-5-2-6-20(24)16-19/h2-9,16,22H,10-15,17-18,27H2,1H3/t22-/m1/s1. The molecule has 3 aliphatic heterocycles.